The molecular weight excluding hydrogens is 330 g/mol. The quantitative estimate of drug-likeness (QED) is 0.566. The monoisotopic (exact) mass is 357 g/mol. The van der Waals surface area contributed by atoms with E-state index < -0.39 is 0 Å². The van der Waals surface area contributed by atoms with Crippen molar-refractivity contribution in [3.8, 4) is 5.75 Å². The number of nitrogens with one attached hydrogen (secondary N) is 3. The first kappa shape index (κ1) is 19.5. The van der Waals surface area contributed by atoms with Crippen molar-refractivity contribution in [2.45, 2.75) is 26.7 Å². The van der Waals surface area contributed by atoms with Crippen molar-refractivity contribution in [1.82, 2.24) is 15.3 Å². The average molecular weight is 357 g/mol. The van der Waals surface area contributed by atoms with E-state index in [0.717, 1.165) is 29.4 Å². The van der Waals surface area contributed by atoms with Crippen LogP contribution in [0.25, 0.3) is 0 Å². The summed E-state index contributed by atoms with van der Waals surface area (Å²) in [5.74, 6) is 2.21. The highest BCUT2D eigenvalue weighted by Crippen LogP contribution is 2.12. The Kier molecular flexibility index (Phi) is 7.67. The number of methoxy groups -OCH3 is 1. The molecule has 140 valence electrons. The maximum atomic E-state index is 11.9. The van der Waals surface area contributed by atoms with Crippen LogP contribution in [-0.2, 0) is 11.2 Å². The van der Waals surface area contributed by atoms with Gasteiger partial charge in [0.25, 0.3) is 0 Å². The Morgan fingerprint density at radius 3 is 2.58 bits per heavy atom. The molecule has 0 radical (unpaired) electrons. The van der Waals surface area contributed by atoms with Crippen molar-refractivity contribution >= 4 is 17.7 Å². The molecule has 0 spiro atoms. The Morgan fingerprint density at radius 2 is 1.88 bits per heavy atom. The van der Waals surface area contributed by atoms with Gasteiger partial charge in [-0.15, -0.1) is 0 Å². The lowest BCUT2D eigenvalue weighted by atomic mass is 10.1. The van der Waals surface area contributed by atoms with E-state index in [2.05, 4.69) is 25.9 Å². The van der Waals surface area contributed by atoms with Gasteiger partial charge in [0.1, 0.15) is 11.6 Å². The van der Waals surface area contributed by atoms with Crippen molar-refractivity contribution < 1.29 is 9.53 Å². The van der Waals surface area contributed by atoms with Crippen LogP contribution in [0.4, 0.5) is 11.8 Å². The molecule has 0 atom stereocenters. The van der Waals surface area contributed by atoms with Crippen LogP contribution in [-0.4, -0.2) is 42.6 Å². The number of amides is 1. The fourth-order valence-corrected chi connectivity index (χ4v) is 2.43. The van der Waals surface area contributed by atoms with E-state index >= 15 is 0 Å². The number of aryl methyl sites for hydroxylation is 2. The molecule has 0 aliphatic carbocycles. The van der Waals surface area contributed by atoms with Gasteiger partial charge in [0.2, 0.25) is 11.9 Å². The SMILES string of the molecule is CCNc1cc(C)nc(NCCNC(=O)CCc2ccc(OC)cc2)n1. The number of hydrogen-bond donors (Lipinski definition) is 3. The molecule has 26 heavy (non-hydrogen) atoms. The highest BCUT2D eigenvalue weighted by atomic mass is 16.5. The molecule has 7 nitrogen and oxygen atoms in total. The number of hydrogen-bond acceptors (Lipinski definition) is 6. The van der Waals surface area contributed by atoms with Gasteiger partial charge in [-0.3, -0.25) is 4.79 Å². The van der Waals surface area contributed by atoms with E-state index in [9.17, 15) is 4.79 Å². The third-order valence-corrected chi connectivity index (χ3v) is 3.74. The minimum atomic E-state index is 0.0288. The molecule has 1 amide bonds. The van der Waals surface area contributed by atoms with Crippen LogP contribution in [0.5, 0.6) is 5.75 Å². The third kappa shape index (κ3) is 6.58. The highest BCUT2D eigenvalue weighted by molar-refractivity contribution is 5.76. The van der Waals surface area contributed by atoms with E-state index in [1.807, 2.05) is 44.2 Å². The molecule has 3 N–H and O–H groups in total. The number of rotatable bonds is 10. The lowest BCUT2D eigenvalue weighted by Crippen LogP contribution is -2.29. The Balaban J connectivity index is 1.68. The minimum absolute atomic E-state index is 0.0288. The minimum Gasteiger partial charge on any atom is -0.497 e. The van der Waals surface area contributed by atoms with E-state index in [-0.39, 0.29) is 5.91 Å². The second-order valence-electron chi connectivity index (χ2n) is 5.87. The van der Waals surface area contributed by atoms with Gasteiger partial charge < -0.3 is 20.7 Å². The lowest BCUT2D eigenvalue weighted by Gasteiger charge is -2.09. The first-order valence-corrected chi connectivity index (χ1v) is 8.83. The zero-order valence-corrected chi connectivity index (χ0v) is 15.6. The topological polar surface area (TPSA) is 88.2 Å². The fourth-order valence-electron chi connectivity index (χ4n) is 2.43. The first-order valence-electron chi connectivity index (χ1n) is 8.83. The van der Waals surface area contributed by atoms with Crippen LogP contribution in [0, 0.1) is 6.92 Å². The Labute approximate surface area is 154 Å². The second-order valence-corrected chi connectivity index (χ2v) is 5.87. The predicted molar refractivity (Wildman–Crippen MR) is 104 cm³/mol. The highest BCUT2D eigenvalue weighted by Gasteiger charge is 2.04. The Bertz CT molecular complexity index is 704. The summed E-state index contributed by atoms with van der Waals surface area (Å²) in [6.45, 7) is 5.85. The van der Waals surface area contributed by atoms with Gasteiger partial charge >= 0.3 is 0 Å². The van der Waals surface area contributed by atoms with Crippen LogP contribution >= 0.6 is 0 Å². The molecule has 0 unspecified atom stereocenters. The molecule has 0 bridgehead atoms. The summed E-state index contributed by atoms with van der Waals surface area (Å²) in [4.78, 5) is 20.7. The second kappa shape index (κ2) is 10.2. The van der Waals surface area contributed by atoms with E-state index in [0.29, 0.717) is 31.9 Å². The largest absolute Gasteiger partial charge is 0.497 e. The molecular formula is C19H27N5O2. The number of benzene rings is 1. The van der Waals surface area contributed by atoms with Crippen molar-refractivity contribution in [2.75, 3.05) is 37.4 Å². The van der Waals surface area contributed by atoms with Gasteiger partial charge in [0.05, 0.1) is 7.11 Å². The lowest BCUT2D eigenvalue weighted by molar-refractivity contribution is -0.120. The van der Waals surface area contributed by atoms with Gasteiger partial charge in [0.15, 0.2) is 0 Å². The molecule has 0 saturated heterocycles. The molecule has 0 saturated carbocycles. The number of anilines is 2. The zero-order chi connectivity index (χ0) is 18.8. The number of carbonyl (C=O) groups excluding carboxylic acids is 1. The molecule has 0 aliphatic heterocycles. The van der Waals surface area contributed by atoms with Crippen molar-refractivity contribution in [3.05, 3.63) is 41.6 Å². The molecule has 2 rings (SSSR count). The van der Waals surface area contributed by atoms with Crippen LogP contribution in [0.2, 0.25) is 0 Å². The van der Waals surface area contributed by atoms with Gasteiger partial charge in [-0.1, -0.05) is 12.1 Å². The normalized spacial score (nSPS) is 10.3. The molecule has 7 heteroatoms. The Morgan fingerprint density at radius 1 is 1.12 bits per heavy atom. The van der Waals surface area contributed by atoms with Gasteiger partial charge in [0, 0.05) is 37.8 Å². The summed E-state index contributed by atoms with van der Waals surface area (Å²) < 4.78 is 5.12. The zero-order valence-electron chi connectivity index (χ0n) is 15.6. The summed E-state index contributed by atoms with van der Waals surface area (Å²) in [6, 6.07) is 9.66. The standard InChI is InChI=1S/C19H27N5O2/c1-4-20-17-13-14(2)23-19(24-17)22-12-11-21-18(25)10-7-15-5-8-16(26-3)9-6-15/h5-6,8-9,13H,4,7,10-12H2,1-3H3,(H,21,25)(H2,20,22,23,24). The van der Waals surface area contributed by atoms with Crippen molar-refractivity contribution in [3.63, 3.8) is 0 Å². The predicted octanol–water partition coefficient (Wildman–Crippen LogP) is 2.39. The van der Waals surface area contributed by atoms with Crippen molar-refractivity contribution in [2.24, 2.45) is 0 Å². The van der Waals surface area contributed by atoms with Crippen molar-refractivity contribution in [1.29, 1.82) is 0 Å². The number of carbonyl (C=O) groups is 1. The molecule has 0 aliphatic rings. The molecule has 1 aromatic carbocycles. The summed E-state index contributed by atoms with van der Waals surface area (Å²) >= 11 is 0. The summed E-state index contributed by atoms with van der Waals surface area (Å²) in [6.07, 6.45) is 1.16. The number of aromatic nitrogens is 2. The van der Waals surface area contributed by atoms with Gasteiger partial charge in [-0.05, 0) is 38.0 Å². The summed E-state index contributed by atoms with van der Waals surface area (Å²) in [5.41, 5.74) is 2.00. The fraction of sp³-hybridized carbons (Fsp3) is 0.421. The van der Waals surface area contributed by atoms with Crippen LogP contribution in [0.1, 0.15) is 24.6 Å². The number of ether oxygens (including phenoxy) is 1. The third-order valence-electron chi connectivity index (χ3n) is 3.74. The molecule has 0 fully saturated rings. The molecule has 2 aromatic rings. The van der Waals surface area contributed by atoms with E-state index in [1.165, 1.54) is 0 Å². The maximum Gasteiger partial charge on any atom is 0.224 e. The van der Waals surface area contributed by atoms with Gasteiger partial charge in [-0.25, -0.2) is 4.98 Å². The summed E-state index contributed by atoms with van der Waals surface area (Å²) in [5, 5.41) is 9.21. The van der Waals surface area contributed by atoms with Crippen LogP contribution in [0.3, 0.4) is 0 Å². The molecule has 1 aromatic heterocycles. The maximum absolute atomic E-state index is 11.9. The van der Waals surface area contributed by atoms with E-state index in [1.54, 1.807) is 7.11 Å². The van der Waals surface area contributed by atoms with Gasteiger partial charge in [-0.2, -0.15) is 4.98 Å². The smallest absolute Gasteiger partial charge is 0.224 e. The average Bonchev–Trinajstić information content (AvgIpc) is 2.64. The number of nitrogens with zero attached hydrogens (tertiary/aromatic N) is 2. The first-order chi connectivity index (χ1) is 12.6. The van der Waals surface area contributed by atoms with Crippen LogP contribution < -0.4 is 20.7 Å². The van der Waals surface area contributed by atoms with E-state index in [4.69, 9.17) is 4.74 Å². The summed E-state index contributed by atoms with van der Waals surface area (Å²) in [7, 11) is 1.64. The Hall–Kier alpha value is -2.83. The van der Waals surface area contributed by atoms with Crippen LogP contribution in [0.15, 0.2) is 30.3 Å². The molecule has 1 heterocycles.